The summed E-state index contributed by atoms with van der Waals surface area (Å²) in [6.07, 6.45) is 0. The molecule has 13 aromatic rings. The normalized spacial score (nSPS) is 11.6. The highest BCUT2D eigenvalue weighted by atomic mass is 15.0. The molecule has 0 bridgehead atoms. The summed E-state index contributed by atoms with van der Waals surface area (Å²) in [5.74, 6) is 0. The molecule has 13 rings (SSSR count). The summed E-state index contributed by atoms with van der Waals surface area (Å²) in [6.45, 7) is 0. The van der Waals surface area contributed by atoms with Gasteiger partial charge in [-0.15, -0.1) is 0 Å². The Morgan fingerprint density at radius 3 is 1.48 bits per heavy atom. The highest BCUT2D eigenvalue weighted by molar-refractivity contribution is 6.26. The summed E-state index contributed by atoms with van der Waals surface area (Å²) in [7, 11) is 0. The van der Waals surface area contributed by atoms with Crippen LogP contribution < -0.4 is 0 Å². The third kappa shape index (κ3) is 5.79. The van der Waals surface area contributed by atoms with Gasteiger partial charge in [0.25, 0.3) is 0 Å². The van der Waals surface area contributed by atoms with Crippen molar-refractivity contribution in [2.75, 3.05) is 0 Å². The minimum Gasteiger partial charge on any atom is -0.309 e. The van der Waals surface area contributed by atoms with Gasteiger partial charge in [-0.1, -0.05) is 146 Å². The van der Waals surface area contributed by atoms with Gasteiger partial charge >= 0.3 is 0 Å². The van der Waals surface area contributed by atoms with Crippen LogP contribution in [0, 0.1) is 22.7 Å². The maximum Gasteiger partial charge on any atom is 0.101 e. The fraction of sp³-hybridized carbons (Fsp3) is 0. The Balaban J connectivity index is 1.21. The third-order valence-electron chi connectivity index (χ3n) is 13.5. The van der Waals surface area contributed by atoms with Gasteiger partial charge in [0.05, 0.1) is 49.9 Å². The van der Waals surface area contributed by atoms with E-state index in [2.05, 4.69) is 226 Å². The van der Waals surface area contributed by atoms with Crippen molar-refractivity contribution >= 4 is 65.4 Å². The molecule has 0 aliphatic heterocycles. The summed E-state index contributed by atoms with van der Waals surface area (Å²) < 4.78 is 7.30. The van der Waals surface area contributed by atoms with Crippen molar-refractivity contribution in [1.29, 1.82) is 10.5 Å². The Hall–Kier alpha value is -9.42. The zero-order valence-corrected chi connectivity index (χ0v) is 36.1. The van der Waals surface area contributed by atoms with Gasteiger partial charge < -0.3 is 13.7 Å². The number of para-hydroxylation sites is 4. The van der Waals surface area contributed by atoms with Crippen LogP contribution >= 0.6 is 0 Å². The van der Waals surface area contributed by atoms with Crippen molar-refractivity contribution in [2.45, 2.75) is 0 Å². The van der Waals surface area contributed by atoms with E-state index in [9.17, 15) is 10.5 Å². The first-order valence-corrected chi connectivity index (χ1v) is 22.5. The van der Waals surface area contributed by atoms with E-state index in [0.717, 1.165) is 94.3 Å². The van der Waals surface area contributed by atoms with Gasteiger partial charge in [0.15, 0.2) is 0 Å². The first kappa shape index (κ1) is 38.1. The average Bonchev–Trinajstić information content (AvgIpc) is 4.04. The Morgan fingerprint density at radius 1 is 0.299 bits per heavy atom. The number of aromatic nitrogens is 3. The van der Waals surface area contributed by atoms with E-state index in [0.29, 0.717) is 11.1 Å². The monoisotopic (exact) mass is 851 g/mol. The minimum absolute atomic E-state index is 0.350. The standard InChI is InChI=1S/C62H37N5/c63-38-43-29-28-42(34-44(43)39-64)51-36-53(41-18-6-2-7-19-41)60(37-52(51)40-16-4-1-5-17-40)67-58-32-30-46(66-55-25-13-10-22-47(55)48-23-11-14-26-56(48)66)35-54(58)49-31-33-59-61(62(49)67)50-24-12-15-27-57(50)65(59)45-20-8-3-9-21-45/h1-37H. The molecule has 67 heavy (non-hydrogen) atoms. The fourth-order valence-electron chi connectivity index (χ4n) is 10.6. The molecule has 0 N–H and O–H groups in total. The van der Waals surface area contributed by atoms with Crippen molar-refractivity contribution < 1.29 is 0 Å². The first-order chi connectivity index (χ1) is 33.2. The van der Waals surface area contributed by atoms with Gasteiger partial charge in [0, 0.05) is 49.3 Å². The predicted octanol–water partition coefficient (Wildman–Crippen LogP) is 15.7. The highest BCUT2D eigenvalue weighted by Crippen LogP contribution is 2.47. The van der Waals surface area contributed by atoms with Crippen LogP contribution in [0.25, 0.3) is 116 Å². The highest BCUT2D eigenvalue weighted by Gasteiger charge is 2.25. The van der Waals surface area contributed by atoms with E-state index in [1.807, 2.05) is 18.2 Å². The quantitative estimate of drug-likeness (QED) is 0.167. The van der Waals surface area contributed by atoms with Crippen molar-refractivity contribution in [2.24, 2.45) is 0 Å². The van der Waals surface area contributed by atoms with Crippen LogP contribution in [0.15, 0.2) is 224 Å². The summed E-state index contributed by atoms with van der Waals surface area (Å²) in [6, 6.07) is 84.1. The third-order valence-corrected chi connectivity index (χ3v) is 13.5. The second-order valence-corrected chi connectivity index (χ2v) is 17.1. The summed E-state index contributed by atoms with van der Waals surface area (Å²) in [4.78, 5) is 0. The number of hydrogen-bond acceptors (Lipinski definition) is 2. The van der Waals surface area contributed by atoms with Crippen LogP contribution in [0.5, 0.6) is 0 Å². The van der Waals surface area contributed by atoms with Crippen LogP contribution in [-0.4, -0.2) is 13.7 Å². The van der Waals surface area contributed by atoms with Gasteiger partial charge in [-0.05, 0) is 107 Å². The van der Waals surface area contributed by atoms with Crippen molar-refractivity contribution in [1.82, 2.24) is 13.7 Å². The van der Waals surface area contributed by atoms with Crippen LogP contribution in [-0.2, 0) is 0 Å². The van der Waals surface area contributed by atoms with E-state index >= 15 is 0 Å². The molecule has 0 atom stereocenters. The van der Waals surface area contributed by atoms with Gasteiger partial charge in [0.2, 0.25) is 0 Å². The lowest BCUT2D eigenvalue weighted by atomic mass is 9.88. The topological polar surface area (TPSA) is 62.4 Å². The minimum atomic E-state index is 0.350. The first-order valence-electron chi connectivity index (χ1n) is 22.5. The van der Waals surface area contributed by atoms with Crippen molar-refractivity contribution in [3.8, 4) is 62.6 Å². The van der Waals surface area contributed by atoms with Crippen molar-refractivity contribution in [3.63, 3.8) is 0 Å². The molecule has 0 saturated heterocycles. The lowest BCUT2D eigenvalue weighted by molar-refractivity contribution is 1.17. The number of hydrogen-bond donors (Lipinski definition) is 0. The molecule has 0 radical (unpaired) electrons. The van der Waals surface area contributed by atoms with E-state index in [4.69, 9.17) is 0 Å². The van der Waals surface area contributed by atoms with Gasteiger partial charge in [0.1, 0.15) is 12.1 Å². The number of benzene rings is 10. The second kappa shape index (κ2) is 15.1. The van der Waals surface area contributed by atoms with Crippen molar-refractivity contribution in [3.05, 3.63) is 236 Å². The molecule has 3 aromatic heterocycles. The summed E-state index contributed by atoms with van der Waals surface area (Å²) in [5.41, 5.74) is 16.7. The maximum absolute atomic E-state index is 10.2. The second-order valence-electron chi connectivity index (χ2n) is 17.1. The number of fused-ring (bicyclic) bond motifs is 10. The number of nitrogens with zero attached hydrogens (tertiary/aromatic N) is 5. The molecule has 0 fully saturated rings. The molecule has 3 heterocycles. The van der Waals surface area contributed by atoms with Crippen LogP contribution in [0.4, 0.5) is 0 Å². The molecule has 0 saturated carbocycles. The number of rotatable bonds is 6. The lowest BCUT2D eigenvalue weighted by Gasteiger charge is -2.20. The average molecular weight is 852 g/mol. The van der Waals surface area contributed by atoms with E-state index in [-0.39, 0.29) is 0 Å². The maximum atomic E-state index is 10.2. The Morgan fingerprint density at radius 2 is 0.821 bits per heavy atom. The van der Waals surface area contributed by atoms with E-state index in [1.165, 1.54) is 21.5 Å². The molecule has 0 spiro atoms. The van der Waals surface area contributed by atoms with E-state index in [1.54, 1.807) is 6.07 Å². The molecule has 0 aliphatic rings. The zero-order valence-electron chi connectivity index (χ0n) is 36.1. The van der Waals surface area contributed by atoms with Crippen LogP contribution in [0.2, 0.25) is 0 Å². The fourth-order valence-corrected chi connectivity index (χ4v) is 10.6. The van der Waals surface area contributed by atoms with Gasteiger partial charge in [-0.3, -0.25) is 0 Å². The summed E-state index contributed by atoms with van der Waals surface area (Å²) in [5, 5.41) is 27.2. The van der Waals surface area contributed by atoms with Crippen LogP contribution in [0.1, 0.15) is 11.1 Å². The van der Waals surface area contributed by atoms with E-state index < -0.39 is 0 Å². The molecule has 0 aliphatic carbocycles. The Labute approximate surface area is 386 Å². The SMILES string of the molecule is N#Cc1ccc(-c2cc(-c3ccccc3)c(-n3c4ccc(-n5c6ccccc6c6ccccc65)cc4c4ccc5c(c6ccccc6n5-c5ccccc5)c43)cc2-c2ccccc2)cc1C#N. The molecule has 10 aromatic carbocycles. The smallest absolute Gasteiger partial charge is 0.101 e. The van der Waals surface area contributed by atoms with Crippen LogP contribution in [0.3, 0.4) is 0 Å². The number of nitriles is 2. The molecule has 0 amide bonds. The molecule has 310 valence electrons. The zero-order chi connectivity index (χ0) is 44.6. The molecular formula is C62H37N5. The van der Waals surface area contributed by atoms with Gasteiger partial charge in [-0.25, -0.2) is 0 Å². The molecule has 5 nitrogen and oxygen atoms in total. The Kier molecular flexibility index (Phi) is 8.58. The van der Waals surface area contributed by atoms with Gasteiger partial charge in [-0.2, -0.15) is 10.5 Å². The molecule has 5 heteroatoms. The molecular weight excluding hydrogens is 815 g/mol. The predicted molar refractivity (Wildman–Crippen MR) is 275 cm³/mol. The summed E-state index contributed by atoms with van der Waals surface area (Å²) >= 11 is 0. The Bertz CT molecular complexity index is 4160. The lowest BCUT2D eigenvalue weighted by Crippen LogP contribution is -2.01. The largest absolute Gasteiger partial charge is 0.309 e. The molecule has 0 unspecified atom stereocenters.